The first-order chi connectivity index (χ1) is 7.24. The first-order valence-corrected chi connectivity index (χ1v) is 4.10. The Hall–Kier alpha value is -2.42. The summed E-state index contributed by atoms with van der Waals surface area (Å²) in [5.74, 6) is -1.67. The Bertz CT molecular complexity index is 396. The molecular formula is C9H8N4O2. The number of nitrogens with zero attached hydrogens (tertiary/aromatic N) is 2. The second-order valence-electron chi connectivity index (χ2n) is 2.54. The molecule has 0 bridgehead atoms. The van der Waals surface area contributed by atoms with Crippen LogP contribution in [0.25, 0.3) is 0 Å². The molecule has 2 N–H and O–H groups in total. The van der Waals surface area contributed by atoms with Gasteiger partial charge in [0.15, 0.2) is 0 Å². The molecule has 0 aliphatic rings. The maximum absolute atomic E-state index is 11.2. The van der Waals surface area contributed by atoms with Crippen molar-refractivity contribution < 1.29 is 9.59 Å². The fourth-order valence-corrected chi connectivity index (χ4v) is 0.825. The van der Waals surface area contributed by atoms with E-state index in [1.54, 1.807) is 24.4 Å². The molecule has 1 aromatic rings. The maximum atomic E-state index is 11.2. The average Bonchev–Trinajstić information content (AvgIpc) is 2.27. The third kappa shape index (κ3) is 3.44. The van der Waals surface area contributed by atoms with Gasteiger partial charge in [0.2, 0.25) is 0 Å². The lowest BCUT2D eigenvalue weighted by Gasteiger charge is -2.02. The van der Waals surface area contributed by atoms with Crippen molar-refractivity contribution in [2.45, 2.75) is 0 Å². The van der Waals surface area contributed by atoms with Gasteiger partial charge in [-0.05, 0) is 12.1 Å². The number of pyridine rings is 1. The molecule has 76 valence electrons. The van der Waals surface area contributed by atoms with E-state index in [1.165, 1.54) is 6.20 Å². The molecule has 6 heteroatoms. The Balaban J connectivity index is 2.50. The fraction of sp³-hybridized carbons (Fsp3) is 0.111. The van der Waals surface area contributed by atoms with Crippen LogP contribution in [0.1, 0.15) is 0 Å². The first kappa shape index (κ1) is 10.7. The number of hydrogen-bond acceptors (Lipinski definition) is 4. The second-order valence-corrected chi connectivity index (χ2v) is 2.54. The molecule has 1 heterocycles. The van der Waals surface area contributed by atoms with Crippen LogP contribution in [0.2, 0.25) is 0 Å². The Morgan fingerprint density at radius 1 is 1.47 bits per heavy atom. The van der Waals surface area contributed by atoms with Crippen LogP contribution >= 0.6 is 0 Å². The van der Waals surface area contributed by atoms with Gasteiger partial charge in [0, 0.05) is 6.20 Å². The highest BCUT2D eigenvalue weighted by Gasteiger charge is 2.12. The zero-order valence-corrected chi connectivity index (χ0v) is 7.73. The van der Waals surface area contributed by atoms with Crippen LogP contribution in [0.15, 0.2) is 24.5 Å². The lowest BCUT2D eigenvalue weighted by atomic mass is 10.4. The van der Waals surface area contributed by atoms with Gasteiger partial charge in [0.1, 0.15) is 6.54 Å². The Morgan fingerprint density at radius 2 is 2.27 bits per heavy atom. The number of carbonyl (C=O) groups is 2. The van der Waals surface area contributed by atoms with Gasteiger partial charge >= 0.3 is 11.8 Å². The minimum atomic E-state index is -0.847. The number of carbonyl (C=O) groups excluding carboxylic acids is 2. The van der Waals surface area contributed by atoms with Crippen molar-refractivity contribution in [1.29, 1.82) is 5.26 Å². The highest BCUT2D eigenvalue weighted by molar-refractivity contribution is 6.39. The third-order valence-corrected chi connectivity index (χ3v) is 1.45. The van der Waals surface area contributed by atoms with Crippen molar-refractivity contribution in [3.63, 3.8) is 0 Å². The Morgan fingerprint density at radius 3 is 2.87 bits per heavy atom. The number of amides is 2. The molecule has 15 heavy (non-hydrogen) atoms. The van der Waals surface area contributed by atoms with E-state index in [0.717, 1.165) is 0 Å². The van der Waals surface area contributed by atoms with E-state index >= 15 is 0 Å². The van der Waals surface area contributed by atoms with E-state index in [0.29, 0.717) is 5.69 Å². The van der Waals surface area contributed by atoms with Gasteiger partial charge in [-0.2, -0.15) is 5.26 Å². The molecule has 6 nitrogen and oxygen atoms in total. The number of nitrogens with one attached hydrogen (secondary N) is 2. The van der Waals surface area contributed by atoms with E-state index in [9.17, 15) is 9.59 Å². The fourth-order valence-electron chi connectivity index (χ4n) is 0.825. The number of rotatable bonds is 2. The number of hydrogen-bond donors (Lipinski definition) is 2. The zero-order chi connectivity index (χ0) is 11.1. The molecule has 0 aliphatic heterocycles. The van der Waals surface area contributed by atoms with Crippen LogP contribution in [-0.4, -0.2) is 23.3 Å². The van der Waals surface area contributed by atoms with Crippen LogP contribution in [0.5, 0.6) is 0 Å². The quantitative estimate of drug-likeness (QED) is 0.509. The highest BCUT2D eigenvalue weighted by atomic mass is 16.2. The molecule has 1 aromatic heterocycles. The van der Waals surface area contributed by atoms with Crippen LogP contribution in [0.3, 0.4) is 0 Å². The molecular weight excluding hydrogens is 196 g/mol. The maximum Gasteiger partial charge on any atom is 0.313 e. The van der Waals surface area contributed by atoms with Gasteiger partial charge in [-0.25, -0.2) is 0 Å². The van der Waals surface area contributed by atoms with E-state index in [-0.39, 0.29) is 6.54 Å². The minimum absolute atomic E-state index is 0.195. The predicted molar refractivity (Wildman–Crippen MR) is 51.5 cm³/mol. The first-order valence-electron chi connectivity index (χ1n) is 4.10. The molecule has 0 unspecified atom stereocenters. The lowest BCUT2D eigenvalue weighted by molar-refractivity contribution is -0.136. The summed E-state index contributed by atoms with van der Waals surface area (Å²) in [6.45, 7) is -0.195. The van der Waals surface area contributed by atoms with Crippen molar-refractivity contribution in [2.75, 3.05) is 11.9 Å². The van der Waals surface area contributed by atoms with Gasteiger partial charge in [-0.3, -0.25) is 14.6 Å². The summed E-state index contributed by atoms with van der Waals surface area (Å²) in [6.07, 6.45) is 2.96. The zero-order valence-electron chi connectivity index (χ0n) is 7.73. The monoisotopic (exact) mass is 204 g/mol. The van der Waals surface area contributed by atoms with Gasteiger partial charge in [-0.15, -0.1) is 0 Å². The second kappa shape index (κ2) is 5.34. The SMILES string of the molecule is N#CCNC(=O)C(=O)Nc1cccnc1. The van der Waals surface area contributed by atoms with Gasteiger partial charge in [-0.1, -0.05) is 0 Å². The van der Waals surface area contributed by atoms with Crippen molar-refractivity contribution in [3.8, 4) is 6.07 Å². The van der Waals surface area contributed by atoms with E-state index in [1.807, 2.05) is 0 Å². The number of nitriles is 1. The normalized spacial score (nSPS) is 8.73. The largest absolute Gasteiger partial charge is 0.335 e. The van der Waals surface area contributed by atoms with Gasteiger partial charge < -0.3 is 10.6 Å². The van der Waals surface area contributed by atoms with Crippen molar-refractivity contribution in [3.05, 3.63) is 24.5 Å². The van der Waals surface area contributed by atoms with Crippen LogP contribution in [-0.2, 0) is 9.59 Å². The topological polar surface area (TPSA) is 94.9 Å². The van der Waals surface area contributed by atoms with E-state index in [4.69, 9.17) is 5.26 Å². The summed E-state index contributed by atoms with van der Waals surface area (Å²) in [5.41, 5.74) is 0.426. The van der Waals surface area contributed by atoms with Crippen molar-refractivity contribution >= 4 is 17.5 Å². The summed E-state index contributed by atoms with van der Waals surface area (Å²) >= 11 is 0. The highest BCUT2D eigenvalue weighted by Crippen LogP contribution is 2.01. The summed E-state index contributed by atoms with van der Waals surface area (Å²) in [5, 5.41) is 12.6. The van der Waals surface area contributed by atoms with Crippen molar-refractivity contribution in [2.24, 2.45) is 0 Å². The molecule has 0 aromatic carbocycles. The Kier molecular flexibility index (Phi) is 3.79. The molecule has 0 radical (unpaired) electrons. The third-order valence-electron chi connectivity index (χ3n) is 1.45. The standard InChI is InChI=1S/C9H8N4O2/c10-3-5-12-8(14)9(15)13-7-2-1-4-11-6-7/h1-2,4,6H,5H2,(H,12,14)(H,13,15). The van der Waals surface area contributed by atoms with E-state index < -0.39 is 11.8 Å². The van der Waals surface area contributed by atoms with Crippen LogP contribution in [0.4, 0.5) is 5.69 Å². The molecule has 0 aliphatic carbocycles. The van der Waals surface area contributed by atoms with Gasteiger partial charge in [0.05, 0.1) is 18.0 Å². The molecule has 1 rings (SSSR count). The summed E-state index contributed by atoms with van der Waals surface area (Å²) in [6, 6.07) is 4.92. The minimum Gasteiger partial charge on any atom is -0.335 e. The summed E-state index contributed by atoms with van der Waals surface area (Å²) < 4.78 is 0. The molecule has 0 atom stereocenters. The smallest absolute Gasteiger partial charge is 0.313 e. The molecule has 2 amide bonds. The van der Waals surface area contributed by atoms with Crippen molar-refractivity contribution in [1.82, 2.24) is 10.3 Å². The molecule has 0 spiro atoms. The van der Waals surface area contributed by atoms with Crippen LogP contribution < -0.4 is 10.6 Å². The lowest BCUT2D eigenvalue weighted by Crippen LogP contribution is -2.35. The van der Waals surface area contributed by atoms with Gasteiger partial charge in [0.25, 0.3) is 0 Å². The predicted octanol–water partition coefficient (Wildman–Crippen LogP) is -0.340. The average molecular weight is 204 g/mol. The number of anilines is 1. The molecule has 0 saturated carbocycles. The van der Waals surface area contributed by atoms with Crippen LogP contribution in [0, 0.1) is 11.3 Å². The molecule has 0 saturated heterocycles. The van der Waals surface area contributed by atoms with E-state index in [2.05, 4.69) is 15.6 Å². The number of aromatic nitrogens is 1. The molecule has 0 fully saturated rings. The Labute approximate surface area is 85.9 Å². The summed E-state index contributed by atoms with van der Waals surface area (Å²) in [7, 11) is 0. The summed E-state index contributed by atoms with van der Waals surface area (Å²) in [4.78, 5) is 25.9.